The molecule has 9 heteroatoms. The molecule has 0 spiro atoms. The van der Waals surface area contributed by atoms with E-state index >= 15 is 0 Å². The third-order valence-corrected chi connectivity index (χ3v) is 3.52. The van der Waals surface area contributed by atoms with Gasteiger partial charge in [0.1, 0.15) is 16.4 Å². The van der Waals surface area contributed by atoms with Gasteiger partial charge in [0.2, 0.25) is 0 Å². The van der Waals surface area contributed by atoms with Gasteiger partial charge in [-0.15, -0.1) is 0 Å². The highest BCUT2D eigenvalue weighted by Crippen LogP contribution is 2.30. The summed E-state index contributed by atoms with van der Waals surface area (Å²) in [6.45, 7) is 0. The second-order valence-corrected chi connectivity index (χ2v) is 4.99. The average molecular weight is 346 g/mol. The molecule has 0 amide bonds. The molecule has 0 saturated carbocycles. The molecule has 0 aliphatic heterocycles. The number of hydrogen-bond acceptors (Lipinski definition) is 5. The molecule has 0 unspecified atom stereocenters. The summed E-state index contributed by atoms with van der Waals surface area (Å²) in [7, 11) is -1.65. The summed E-state index contributed by atoms with van der Waals surface area (Å²) in [6.07, 6.45) is 0. The van der Waals surface area contributed by atoms with Crippen LogP contribution in [0.3, 0.4) is 0 Å². The molecule has 0 saturated heterocycles. The van der Waals surface area contributed by atoms with Crippen molar-refractivity contribution in [3.63, 3.8) is 0 Å². The van der Waals surface area contributed by atoms with E-state index in [4.69, 9.17) is 4.74 Å². The molecule has 0 aliphatic rings. The van der Waals surface area contributed by atoms with Crippen LogP contribution < -0.4 is 4.74 Å². The van der Waals surface area contributed by atoms with Crippen LogP contribution in [-0.2, 0) is 10.7 Å². The van der Waals surface area contributed by atoms with Gasteiger partial charge in [-0.05, 0) is 6.07 Å². The number of aromatic hydroxyl groups is 1. The first kappa shape index (κ1) is 22.8. The summed E-state index contributed by atoms with van der Waals surface area (Å²) in [4.78, 5) is 12.1. The predicted octanol–water partition coefficient (Wildman–Crippen LogP) is -0.872. The minimum atomic E-state index is -2.93. The standard InChI is InChI=1S/C14H12O5S.3H2O/c1-19-12-8-11(15)10(7-13(12)20(17)18)14(16)9-5-3-2-4-6-9;;;/h2-8,15,20H,1H3;3*1H2. The van der Waals surface area contributed by atoms with E-state index < -0.39 is 16.5 Å². The van der Waals surface area contributed by atoms with E-state index in [1.807, 2.05) is 0 Å². The lowest BCUT2D eigenvalue weighted by atomic mass is 10.0. The van der Waals surface area contributed by atoms with E-state index in [0.717, 1.165) is 12.1 Å². The zero-order valence-corrected chi connectivity index (χ0v) is 13.0. The van der Waals surface area contributed by atoms with Crippen molar-refractivity contribution in [2.45, 2.75) is 4.90 Å². The van der Waals surface area contributed by atoms with E-state index in [1.54, 1.807) is 30.3 Å². The lowest BCUT2D eigenvalue weighted by molar-refractivity contribution is 0.103. The van der Waals surface area contributed by atoms with Crippen molar-refractivity contribution in [3.8, 4) is 11.5 Å². The Bertz CT molecular complexity index is 717. The number of thiol groups is 1. The molecule has 128 valence electrons. The summed E-state index contributed by atoms with van der Waals surface area (Å²) in [5.74, 6) is -0.775. The van der Waals surface area contributed by atoms with Gasteiger partial charge >= 0.3 is 0 Å². The third kappa shape index (κ3) is 4.76. The van der Waals surface area contributed by atoms with Crippen LogP contribution >= 0.6 is 0 Å². The van der Waals surface area contributed by atoms with Crippen molar-refractivity contribution < 1.29 is 39.5 Å². The number of phenols is 1. The van der Waals surface area contributed by atoms with Crippen molar-refractivity contribution >= 4 is 16.5 Å². The Morgan fingerprint density at radius 1 is 1.04 bits per heavy atom. The molecule has 0 atom stereocenters. The lowest BCUT2D eigenvalue weighted by Gasteiger charge is -2.08. The van der Waals surface area contributed by atoms with E-state index in [1.165, 1.54) is 7.11 Å². The van der Waals surface area contributed by atoms with E-state index in [2.05, 4.69) is 0 Å². The Balaban J connectivity index is 0. The van der Waals surface area contributed by atoms with Crippen molar-refractivity contribution in [1.82, 2.24) is 0 Å². The number of ether oxygens (including phenoxy) is 1. The summed E-state index contributed by atoms with van der Waals surface area (Å²) in [5, 5.41) is 9.86. The highest BCUT2D eigenvalue weighted by molar-refractivity contribution is 7.72. The Labute approximate surface area is 133 Å². The number of hydrogen-bond donors (Lipinski definition) is 2. The SMILES string of the molecule is COc1cc(O)c(C(=O)c2ccccc2)cc1[SH](=O)=O.O.O.O. The minimum Gasteiger partial charge on any atom is -0.507 e. The van der Waals surface area contributed by atoms with E-state index in [-0.39, 0.29) is 38.4 Å². The van der Waals surface area contributed by atoms with Crippen LogP contribution in [0.5, 0.6) is 11.5 Å². The zero-order chi connectivity index (χ0) is 14.7. The Hall–Kier alpha value is -2.46. The van der Waals surface area contributed by atoms with Gasteiger partial charge in [-0.25, -0.2) is 8.42 Å². The fraction of sp³-hybridized carbons (Fsp3) is 0.0714. The molecule has 0 radical (unpaired) electrons. The normalized spacial score (nSPS) is 9.13. The Morgan fingerprint density at radius 2 is 1.61 bits per heavy atom. The minimum absolute atomic E-state index is 0. The monoisotopic (exact) mass is 346 g/mol. The number of carbonyl (C=O) groups is 1. The van der Waals surface area contributed by atoms with Crippen LogP contribution in [0.2, 0.25) is 0 Å². The van der Waals surface area contributed by atoms with Gasteiger partial charge in [-0.2, -0.15) is 0 Å². The highest BCUT2D eigenvalue weighted by Gasteiger charge is 2.18. The predicted molar refractivity (Wildman–Crippen MR) is 84.0 cm³/mol. The summed E-state index contributed by atoms with van der Waals surface area (Å²) >= 11 is 0. The van der Waals surface area contributed by atoms with Crippen LogP contribution in [0, 0.1) is 0 Å². The molecule has 0 aromatic heterocycles. The molecular formula is C14H18O8S. The molecule has 7 N–H and O–H groups in total. The molecular weight excluding hydrogens is 328 g/mol. The molecule has 0 heterocycles. The van der Waals surface area contributed by atoms with Gasteiger partial charge in [0, 0.05) is 11.6 Å². The summed E-state index contributed by atoms with van der Waals surface area (Å²) in [6, 6.07) is 10.5. The first-order chi connectivity index (χ1) is 9.54. The number of phenolic OH excluding ortho intramolecular Hbond substituents is 1. The smallest absolute Gasteiger partial charge is 0.196 e. The van der Waals surface area contributed by atoms with Crippen molar-refractivity contribution in [2.24, 2.45) is 0 Å². The third-order valence-electron chi connectivity index (χ3n) is 2.77. The first-order valence-corrected chi connectivity index (χ1v) is 6.87. The quantitative estimate of drug-likeness (QED) is 0.539. The van der Waals surface area contributed by atoms with Gasteiger partial charge < -0.3 is 26.3 Å². The molecule has 0 bridgehead atoms. The number of benzene rings is 2. The maximum atomic E-state index is 12.2. The number of rotatable bonds is 4. The van der Waals surface area contributed by atoms with Gasteiger partial charge in [-0.1, -0.05) is 30.3 Å². The molecule has 2 aromatic carbocycles. The van der Waals surface area contributed by atoms with Crippen LogP contribution in [0.25, 0.3) is 0 Å². The molecule has 2 aromatic rings. The van der Waals surface area contributed by atoms with Gasteiger partial charge in [0.25, 0.3) is 0 Å². The van der Waals surface area contributed by atoms with Crippen molar-refractivity contribution in [1.29, 1.82) is 0 Å². The van der Waals surface area contributed by atoms with E-state index in [9.17, 15) is 18.3 Å². The maximum Gasteiger partial charge on any atom is 0.196 e. The van der Waals surface area contributed by atoms with Gasteiger partial charge in [0.05, 0.1) is 12.7 Å². The average Bonchev–Trinajstić information content (AvgIpc) is 2.46. The lowest BCUT2D eigenvalue weighted by Crippen LogP contribution is -2.03. The zero-order valence-electron chi connectivity index (χ0n) is 12.1. The first-order valence-electron chi connectivity index (χ1n) is 5.69. The maximum absolute atomic E-state index is 12.2. The van der Waals surface area contributed by atoms with E-state index in [0.29, 0.717) is 5.56 Å². The fourth-order valence-electron chi connectivity index (χ4n) is 1.79. The molecule has 0 fully saturated rings. The largest absolute Gasteiger partial charge is 0.507 e. The van der Waals surface area contributed by atoms with Crippen LogP contribution in [0.1, 0.15) is 15.9 Å². The van der Waals surface area contributed by atoms with Crippen LogP contribution in [0.4, 0.5) is 0 Å². The molecule has 23 heavy (non-hydrogen) atoms. The highest BCUT2D eigenvalue weighted by atomic mass is 32.2. The van der Waals surface area contributed by atoms with Gasteiger partial charge in [-0.3, -0.25) is 4.79 Å². The number of carbonyl (C=O) groups excluding carboxylic acids is 1. The fourth-order valence-corrected chi connectivity index (χ4v) is 2.36. The topological polar surface area (TPSA) is 175 Å². The number of methoxy groups -OCH3 is 1. The van der Waals surface area contributed by atoms with Gasteiger partial charge in [0.15, 0.2) is 16.5 Å². The second kappa shape index (κ2) is 9.54. The Kier molecular flexibility index (Phi) is 9.46. The number of ketones is 1. The van der Waals surface area contributed by atoms with Crippen LogP contribution in [-0.4, -0.2) is 42.8 Å². The Morgan fingerprint density at radius 3 is 2.09 bits per heavy atom. The van der Waals surface area contributed by atoms with Crippen molar-refractivity contribution in [2.75, 3.05) is 7.11 Å². The van der Waals surface area contributed by atoms with Crippen LogP contribution in [0.15, 0.2) is 47.4 Å². The summed E-state index contributed by atoms with van der Waals surface area (Å²) < 4.78 is 27.2. The second-order valence-electron chi connectivity index (χ2n) is 3.99. The van der Waals surface area contributed by atoms with Crippen molar-refractivity contribution in [3.05, 3.63) is 53.6 Å². The molecule has 2 rings (SSSR count). The molecule has 0 aliphatic carbocycles. The summed E-state index contributed by atoms with van der Waals surface area (Å²) in [5.41, 5.74) is 0.284. The molecule has 8 nitrogen and oxygen atoms in total.